The van der Waals surface area contributed by atoms with Crippen molar-refractivity contribution in [3.05, 3.63) is 106 Å². The first kappa shape index (κ1) is 33.1. The van der Waals surface area contributed by atoms with E-state index < -0.39 is 23.9 Å². The van der Waals surface area contributed by atoms with E-state index in [9.17, 15) is 19.2 Å². The third-order valence-corrected chi connectivity index (χ3v) is 8.59. The lowest BCUT2D eigenvalue weighted by Crippen LogP contribution is -2.45. The molecule has 11 nitrogen and oxygen atoms in total. The molecule has 47 heavy (non-hydrogen) atoms. The number of methoxy groups -OCH3 is 1. The van der Waals surface area contributed by atoms with Crippen LogP contribution >= 0.6 is 11.6 Å². The predicted molar refractivity (Wildman–Crippen MR) is 179 cm³/mol. The number of benzene rings is 3. The summed E-state index contributed by atoms with van der Waals surface area (Å²) in [5.41, 5.74) is 11.1. The number of nitrogens with one attached hydrogen (secondary N) is 2. The number of fused-ring (bicyclic) bond motifs is 2. The molecule has 0 spiro atoms. The monoisotopic (exact) mass is 657 g/mol. The number of carboxylic acid groups (broad SMARTS) is 1. The van der Waals surface area contributed by atoms with Crippen LogP contribution in [0.4, 0.5) is 10.5 Å². The van der Waals surface area contributed by atoms with Crippen LogP contribution < -0.4 is 26.0 Å². The first-order valence-corrected chi connectivity index (χ1v) is 15.6. The van der Waals surface area contributed by atoms with Gasteiger partial charge in [-0.1, -0.05) is 54.1 Å². The molecule has 0 fully saturated rings. The first-order chi connectivity index (χ1) is 22.6. The van der Waals surface area contributed by atoms with Crippen molar-refractivity contribution < 1.29 is 29.0 Å². The Balaban J connectivity index is 1.43. The highest BCUT2D eigenvalue weighted by atomic mass is 35.5. The van der Waals surface area contributed by atoms with Gasteiger partial charge in [0, 0.05) is 28.5 Å². The summed E-state index contributed by atoms with van der Waals surface area (Å²) in [6.45, 7) is 2.67. The van der Waals surface area contributed by atoms with Crippen LogP contribution in [0.1, 0.15) is 56.9 Å². The largest absolute Gasteiger partial charge is 0.496 e. The minimum absolute atomic E-state index is 0.152. The highest BCUT2D eigenvalue weighted by Crippen LogP contribution is 2.38. The standard InChI is InChI=1S/C35H36ClN5O6/c1-21-9-3-5-11-24(21)25-18-31(47-2)26(17-27(25)36)34(44)41-20-23-14-15-30(40(23)19-22-10-4-6-13-29(22)41)33(43)39-28(32(37)42)12-7-8-16-38-35(45)46/h3-6,9-11,13-15,17-18,28,38H,7-8,12,16,19-20H2,1-2H3,(H2,37,42)(H,39,43)(H,45,46)/t28-/m0/s1. The lowest BCUT2D eigenvalue weighted by molar-refractivity contribution is -0.120. The molecule has 0 unspecified atom stereocenters. The van der Waals surface area contributed by atoms with Crippen LogP contribution in [0, 0.1) is 6.92 Å². The van der Waals surface area contributed by atoms with Crippen molar-refractivity contribution in [1.82, 2.24) is 15.2 Å². The molecule has 3 aromatic carbocycles. The smallest absolute Gasteiger partial charge is 0.404 e. The molecule has 1 aromatic heterocycles. The first-order valence-electron chi connectivity index (χ1n) is 15.2. The number of carbonyl (C=O) groups is 4. The van der Waals surface area contributed by atoms with Gasteiger partial charge in [0.1, 0.15) is 17.5 Å². The number of anilines is 1. The molecule has 1 aliphatic rings. The van der Waals surface area contributed by atoms with E-state index in [0.717, 1.165) is 22.3 Å². The maximum absolute atomic E-state index is 14.3. The Labute approximate surface area is 277 Å². The van der Waals surface area contributed by atoms with Gasteiger partial charge in [0.05, 0.1) is 25.8 Å². The number of hydrogen-bond acceptors (Lipinski definition) is 5. The highest BCUT2D eigenvalue weighted by molar-refractivity contribution is 6.34. The number of para-hydroxylation sites is 1. The summed E-state index contributed by atoms with van der Waals surface area (Å²) in [5.74, 6) is -1.11. The van der Waals surface area contributed by atoms with Crippen LogP contribution in [0.25, 0.3) is 11.1 Å². The van der Waals surface area contributed by atoms with Crippen molar-refractivity contribution in [1.29, 1.82) is 0 Å². The number of carbonyl (C=O) groups excluding carboxylic acids is 3. The summed E-state index contributed by atoms with van der Waals surface area (Å²) in [7, 11) is 1.51. The molecule has 0 saturated heterocycles. The van der Waals surface area contributed by atoms with Crippen LogP contribution in [-0.2, 0) is 17.9 Å². The molecule has 5 rings (SSSR count). The SMILES string of the molecule is COc1cc(-c2ccccc2C)c(Cl)cc1C(=O)N1Cc2ccc(C(=O)N[C@@H](CCCCNC(=O)O)C(N)=O)n2Cc2ccccc21. The van der Waals surface area contributed by atoms with Gasteiger partial charge in [0.2, 0.25) is 5.91 Å². The molecule has 0 radical (unpaired) electrons. The number of aromatic nitrogens is 1. The van der Waals surface area contributed by atoms with E-state index in [4.69, 9.17) is 27.2 Å². The quantitative estimate of drug-likeness (QED) is 0.159. The number of ether oxygens (including phenoxy) is 1. The van der Waals surface area contributed by atoms with Gasteiger partial charge in [-0.25, -0.2) is 4.79 Å². The Morgan fingerprint density at radius 2 is 1.72 bits per heavy atom. The van der Waals surface area contributed by atoms with Crippen molar-refractivity contribution in [2.75, 3.05) is 18.6 Å². The molecule has 5 N–H and O–H groups in total. The predicted octanol–water partition coefficient (Wildman–Crippen LogP) is 5.36. The number of aryl methyl sites for hydroxylation is 1. The molecule has 0 bridgehead atoms. The van der Waals surface area contributed by atoms with Gasteiger partial charge in [0.25, 0.3) is 11.8 Å². The molecule has 2 heterocycles. The summed E-state index contributed by atoms with van der Waals surface area (Å²) in [6, 6.07) is 21.2. The van der Waals surface area contributed by atoms with E-state index in [2.05, 4.69) is 10.6 Å². The van der Waals surface area contributed by atoms with Crippen molar-refractivity contribution in [3.63, 3.8) is 0 Å². The molecular weight excluding hydrogens is 622 g/mol. The van der Waals surface area contributed by atoms with Gasteiger partial charge in [-0.15, -0.1) is 0 Å². The molecule has 0 aliphatic carbocycles. The fourth-order valence-electron chi connectivity index (χ4n) is 5.84. The van der Waals surface area contributed by atoms with Gasteiger partial charge in [-0.3, -0.25) is 14.4 Å². The lowest BCUT2D eigenvalue weighted by Gasteiger charge is -2.24. The van der Waals surface area contributed by atoms with E-state index in [1.54, 1.807) is 29.2 Å². The van der Waals surface area contributed by atoms with Gasteiger partial charge < -0.3 is 35.7 Å². The average molecular weight is 658 g/mol. The zero-order valence-corrected chi connectivity index (χ0v) is 26.8. The highest BCUT2D eigenvalue weighted by Gasteiger charge is 2.30. The number of unbranched alkanes of at least 4 members (excludes halogenated alkanes) is 1. The lowest BCUT2D eigenvalue weighted by atomic mass is 9.98. The maximum Gasteiger partial charge on any atom is 0.404 e. The van der Waals surface area contributed by atoms with Gasteiger partial charge in [-0.05, 0) is 73.2 Å². The zero-order valence-electron chi connectivity index (χ0n) is 26.1. The second-order valence-corrected chi connectivity index (χ2v) is 11.7. The van der Waals surface area contributed by atoms with Crippen LogP contribution in [0.2, 0.25) is 5.02 Å². The summed E-state index contributed by atoms with van der Waals surface area (Å²) < 4.78 is 7.54. The van der Waals surface area contributed by atoms with Gasteiger partial charge >= 0.3 is 6.09 Å². The number of rotatable bonds is 11. The summed E-state index contributed by atoms with van der Waals surface area (Å²) >= 11 is 6.79. The average Bonchev–Trinajstić information content (AvgIpc) is 3.36. The van der Waals surface area contributed by atoms with Crippen LogP contribution in [0.5, 0.6) is 5.75 Å². The number of primary amides is 1. The normalized spacial score (nSPS) is 12.7. The Morgan fingerprint density at radius 3 is 2.45 bits per heavy atom. The number of nitrogens with zero attached hydrogens (tertiary/aromatic N) is 2. The minimum atomic E-state index is -1.13. The topological polar surface area (TPSA) is 156 Å². The molecule has 244 valence electrons. The maximum atomic E-state index is 14.3. The molecular formula is C35H36ClN5O6. The minimum Gasteiger partial charge on any atom is -0.496 e. The van der Waals surface area contributed by atoms with Crippen LogP contribution in [0.15, 0.2) is 72.8 Å². The number of hydrogen-bond donors (Lipinski definition) is 4. The van der Waals surface area contributed by atoms with Gasteiger partial charge in [-0.2, -0.15) is 0 Å². The molecule has 12 heteroatoms. The summed E-state index contributed by atoms with van der Waals surface area (Å²) in [4.78, 5) is 52.3. The van der Waals surface area contributed by atoms with Gasteiger partial charge in [0.15, 0.2) is 0 Å². The third kappa shape index (κ3) is 7.25. The zero-order chi connectivity index (χ0) is 33.7. The Bertz CT molecular complexity index is 1840. The van der Waals surface area contributed by atoms with Crippen molar-refractivity contribution in [2.45, 2.75) is 45.3 Å². The fraction of sp³-hybridized carbons (Fsp3) is 0.257. The Kier molecular flexibility index (Phi) is 10.2. The van der Waals surface area contributed by atoms with E-state index in [1.807, 2.05) is 60.0 Å². The molecule has 0 saturated carbocycles. The number of halogens is 1. The van der Waals surface area contributed by atoms with E-state index in [0.29, 0.717) is 52.8 Å². The molecule has 1 aliphatic heterocycles. The van der Waals surface area contributed by atoms with E-state index in [-0.39, 0.29) is 25.4 Å². The van der Waals surface area contributed by atoms with E-state index in [1.165, 1.54) is 7.11 Å². The second kappa shape index (κ2) is 14.4. The molecule has 4 amide bonds. The summed E-state index contributed by atoms with van der Waals surface area (Å²) in [5, 5.41) is 14.1. The number of nitrogens with two attached hydrogens (primary N) is 1. The van der Waals surface area contributed by atoms with Crippen molar-refractivity contribution in [3.8, 4) is 16.9 Å². The fourth-order valence-corrected chi connectivity index (χ4v) is 6.11. The van der Waals surface area contributed by atoms with E-state index >= 15 is 0 Å². The van der Waals surface area contributed by atoms with Crippen LogP contribution in [0.3, 0.4) is 0 Å². The van der Waals surface area contributed by atoms with Crippen molar-refractivity contribution in [2.24, 2.45) is 5.73 Å². The molecule has 1 atom stereocenters. The Morgan fingerprint density at radius 1 is 0.979 bits per heavy atom. The summed E-state index contributed by atoms with van der Waals surface area (Å²) in [6.07, 6.45) is 0.0929. The number of amides is 4. The van der Waals surface area contributed by atoms with Crippen LogP contribution in [-0.4, -0.2) is 53.2 Å². The second-order valence-electron chi connectivity index (χ2n) is 11.3. The Hall–Kier alpha value is -5.29. The molecule has 4 aromatic rings. The third-order valence-electron chi connectivity index (χ3n) is 8.28. The van der Waals surface area contributed by atoms with Crippen molar-refractivity contribution >= 4 is 41.1 Å².